The van der Waals surface area contributed by atoms with E-state index < -0.39 is 11.5 Å². The summed E-state index contributed by atoms with van der Waals surface area (Å²) in [5, 5.41) is 16.2. The van der Waals surface area contributed by atoms with Crippen molar-refractivity contribution in [2.45, 2.75) is 12.5 Å². The molecular weight excluding hydrogens is 404 g/mol. The van der Waals surface area contributed by atoms with E-state index in [4.69, 9.17) is 10.3 Å². The van der Waals surface area contributed by atoms with E-state index in [-0.39, 0.29) is 0 Å². The number of nitrogens with zero attached hydrogens (tertiary/aromatic N) is 3. The number of aryl methyl sites for hydroxylation is 1. The van der Waals surface area contributed by atoms with Gasteiger partial charge in [0.1, 0.15) is 5.69 Å². The van der Waals surface area contributed by atoms with Crippen molar-refractivity contribution in [3.05, 3.63) is 102 Å². The minimum absolute atomic E-state index is 0.381. The molecule has 0 aliphatic rings. The molecule has 0 aliphatic carbocycles. The van der Waals surface area contributed by atoms with Gasteiger partial charge in [-0.25, -0.2) is 0 Å². The minimum Gasteiger partial charge on any atom is -0.372 e. The highest BCUT2D eigenvalue weighted by Gasteiger charge is 2.38. The quantitative estimate of drug-likeness (QED) is 0.447. The molecule has 0 radical (unpaired) electrons. The zero-order chi connectivity index (χ0) is 22.3. The Balaban J connectivity index is 1.66. The third-order valence-electron chi connectivity index (χ3n) is 5.55. The topological polar surface area (TPSA) is 107 Å². The Morgan fingerprint density at radius 1 is 0.969 bits per heavy atom. The maximum absolute atomic E-state index is 12.3. The van der Waals surface area contributed by atoms with Crippen LogP contribution >= 0.6 is 0 Å². The summed E-state index contributed by atoms with van der Waals surface area (Å²) >= 11 is 0. The second-order valence-electron chi connectivity index (χ2n) is 7.56. The van der Waals surface area contributed by atoms with Gasteiger partial charge in [-0.3, -0.25) is 4.79 Å². The Kier molecular flexibility index (Phi) is 4.61. The lowest BCUT2D eigenvalue weighted by Crippen LogP contribution is -2.42. The van der Waals surface area contributed by atoms with Gasteiger partial charge in [0, 0.05) is 11.1 Å². The lowest BCUT2D eigenvalue weighted by Gasteiger charge is -2.26. The highest BCUT2D eigenvalue weighted by atomic mass is 16.5. The van der Waals surface area contributed by atoms with E-state index in [1.54, 1.807) is 43.3 Å². The third-order valence-corrected chi connectivity index (χ3v) is 5.55. The van der Waals surface area contributed by atoms with Crippen LogP contribution < -0.4 is 5.73 Å². The smallest absolute Gasteiger partial charge is 0.274 e. The van der Waals surface area contributed by atoms with Gasteiger partial charge in [0.25, 0.3) is 11.8 Å². The lowest BCUT2D eigenvalue weighted by atomic mass is 9.85. The number of primary amides is 1. The summed E-state index contributed by atoms with van der Waals surface area (Å²) in [6.45, 7) is 1.77. The monoisotopic (exact) mass is 424 g/mol. The standard InChI is InChI=1S/C25H20N4O3/c1-16-27-23(32-28-16)22-15-17-7-5-6-10-21(17)29(22)20-13-11-19(12-14-20)25(31,24(26)30)18-8-3-2-4-9-18/h2-15,31H,1H3,(H2,26,30). The molecule has 2 aromatic heterocycles. The molecule has 0 spiro atoms. The number of aliphatic hydroxyl groups is 1. The zero-order valence-electron chi connectivity index (χ0n) is 17.3. The molecule has 5 aromatic rings. The number of benzene rings is 3. The largest absolute Gasteiger partial charge is 0.372 e. The molecule has 0 bridgehead atoms. The first kappa shape index (κ1) is 19.7. The molecule has 3 N–H and O–H groups in total. The van der Waals surface area contributed by atoms with Gasteiger partial charge in [-0.1, -0.05) is 65.8 Å². The first-order valence-electron chi connectivity index (χ1n) is 10.1. The van der Waals surface area contributed by atoms with Crippen LogP contribution in [0, 0.1) is 6.92 Å². The molecule has 7 nitrogen and oxygen atoms in total. The molecule has 158 valence electrons. The predicted octanol–water partition coefficient (Wildman–Crippen LogP) is 3.71. The summed E-state index contributed by atoms with van der Waals surface area (Å²) in [5.41, 5.74) is 6.98. The second kappa shape index (κ2) is 7.47. The Bertz CT molecular complexity index is 1420. The van der Waals surface area contributed by atoms with E-state index in [9.17, 15) is 9.90 Å². The Labute approximate surface area is 183 Å². The molecule has 32 heavy (non-hydrogen) atoms. The molecule has 0 aliphatic heterocycles. The molecule has 1 unspecified atom stereocenters. The van der Waals surface area contributed by atoms with Crippen LogP contribution in [0.2, 0.25) is 0 Å². The summed E-state index contributed by atoms with van der Waals surface area (Å²) in [7, 11) is 0. The number of fused-ring (bicyclic) bond motifs is 1. The molecule has 0 saturated heterocycles. The van der Waals surface area contributed by atoms with E-state index in [0.717, 1.165) is 22.3 Å². The number of rotatable bonds is 5. The normalized spacial score (nSPS) is 13.2. The average molecular weight is 424 g/mol. The third kappa shape index (κ3) is 3.07. The zero-order valence-corrected chi connectivity index (χ0v) is 17.3. The molecule has 1 atom stereocenters. The summed E-state index contributed by atoms with van der Waals surface area (Å²) < 4.78 is 7.42. The maximum atomic E-state index is 12.3. The SMILES string of the molecule is Cc1noc(-c2cc3ccccc3n2-c2ccc(C(O)(C(N)=O)c3ccccc3)cc2)n1. The van der Waals surface area contributed by atoms with Gasteiger partial charge in [-0.05, 0) is 42.3 Å². The van der Waals surface area contributed by atoms with E-state index in [1.807, 2.05) is 53.1 Å². The first-order valence-corrected chi connectivity index (χ1v) is 10.1. The van der Waals surface area contributed by atoms with Gasteiger partial charge in [-0.15, -0.1) is 0 Å². The first-order chi connectivity index (χ1) is 15.5. The van der Waals surface area contributed by atoms with Crippen LogP contribution in [-0.2, 0) is 10.4 Å². The number of carbonyl (C=O) groups is 1. The van der Waals surface area contributed by atoms with Gasteiger partial charge in [0.2, 0.25) is 0 Å². The molecule has 0 fully saturated rings. The molecule has 2 heterocycles. The van der Waals surface area contributed by atoms with Crippen LogP contribution in [0.25, 0.3) is 28.2 Å². The molecule has 1 amide bonds. The predicted molar refractivity (Wildman–Crippen MR) is 120 cm³/mol. The second-order valence-corrected chi connectivity index (χ2v) is 7.56. The fourth-order valence-electron chi connectivity index (χ4n) is 3.97. The fraction of sp³-hybridized carbons (Fsp3) is 0.0800. The molecule has 0 saturated carbocycles. The molecular formula is C25H20N4O3. The highest BCUT2D eigenvalue weighted by Crippen LogP contribution is 2.33. The number of carbonyl (C=O) groups excluding carboxylic acids is 1. The maximum Gasteiger partial charge on any atom is 0.274 e. The molecule has 7 heteroatoms. The molecule has 5 rings (SSSR count). The van der Waals surface area contributed by atoms with Crippen molar-refractivity contribution in [2.24, 2.45) is 5.73 Å². The summed E-state index contributed by atoms with van der Waals surface area (Å²) in [6, 6.07) is 25.6. The molecule has 3 aromatic carbocycles. The van der Waals surface area contributed by atoms with E-state index in [2.05, 4.69) is 10.1 Å². The Hall–Kier alpha value is -4.23. The summed E-state index contributed by atoms with van der Waals surface area (Å²) in [6.07, 6.45) is 0. The number of nitrogens with two attached hydrogens (primary N) is 1. The van der Waals surface area contributed by atoms with Gasteiger partial charge in [0.15, 0.2) is 11.4 Å². The van der Waals surface area contributed by atoms with Crippen molar-refractivity contribution in [2.75, 3.05) is 0 Å². The van der Waals surface area contributed by atoms with Crippen molar-refractivity contribution in [1.29, 1.82) is 0 Å². The minimum atomic E-state index is -1.94. The van der Waals surface area contributed by atoms with E-state index in [1.165, 1.54) is 0 Å². The van der Waals surface area contributed by atoms with Crippen LogP contribution in [0.4, 0.5) is 0 Å². The van der Waals surface area contributed by atoms with Crippen LogP contribution in [0.1, 0.15) is 17.0 Å². The van der Waals surface area contributed by atoms with Crippen molar-refractivity contribution in [3.63, 3.8) is 0 Å². The van der Waals surface area contributed by atoms with Crippen molar-refractivity contribution >= 4 is 16.8 Å². The number of aromatic nitrogens is 3. The summed E-state index contributed by atoms with van der Waals surface area (Å²) in [4.78, 5) is 16.7. The van der Waals surface area contributed by atoms with Gasteiger partial charge >= 0.3 is 0 Å². The van der Waals surface area contributed by atoms with Crippen LogP contribution in [-0.4, -0.2) is 25.7 Å². The van der Waals surface area contributed by atoms with Crippen molar-refractivity contribution < 1.29 is 14.4 Å². The van der Waals surface area contributed by atoms with Crippen LogP contribution in [0.15, 0.2) is 89.5 Å². The van der Waals surface area contributed by atoms with Gasteiger partial charge in [0.05, 0.1) is 5.52 Å². The van der Waals surface area contributed by atoms with E-state index in [0.29, 0.717) is 22.8 Å². The Morgan fingerprint density at radius 3 is 2.28 bits per heavy atom. The number of amides is 1. The average Bonchev–Trinajstić information content (AvgIpc) is 3.42. The number of hydrogen-bond donors (Lipinski definition) is 2. The van der Waals surface area contributed by atoms with Gasteiger partial charge < -0.3 is 19.9 Å². The summed E-state index contributed by atoms with van der Waals surface area (Å²) in [5.74, 6) is 0.104. The Morgan fingerprint density at radius 2 is 1.62 bits per heavy atom. The van der Waals surface area contributed by atoms with Crippen molar-refractivity contribution in [3.8, 4) is 17.3 Å². The lowest BCUT2D eigenvalue weighted by molar-refractivity contribution is -0.133. The van der Waals surface area contributed by atoms with E-state index >= 15 is 0 Å². The fourth-order valence-corrected chi connectivity index (χ4v) is 3.97. The highest BCUT2D eigenvalue weighted by molar-refractivity contribution is 5.89. The van der Waals surface area contributed by atoms with Crippen LogP contribution in [0.3, 0.4) is 0 Å². The number of hydrogen-bond acceptors (Lipinski definition) is 5. The van der Waals surface area contributed by atoms with Crippen LogP contribution in [0.5, 0.6) is 0 Å². The van der Waals surface area contributed by atoms with Gasteiger partial charge in [-0.2, -0.15) is 4.98 Å². The van der Waals surface area contributed by atoms with Crippen molar-refractivity contribution in [1.82, 2.24) is 14.7 Å². The number of para-hydroxylation sites is 1.